The van der Waals surface area contributed by atoms with Crippen molar-refractivity contribution in [3.63, 3.8) is 0 Å². The zero-order valence-corrected chi connectivity index (χ0v) is 14.1. The number of hydrogen-bond acceptors (Lipinski definition) is 6. The molecule has 1 aromatic carbocycles. The van der Waals surface area contributed by atoms with Gasteiger partial charge in [0.15, 0.2) is 0 Å². The number of carbonyl (C=O) groups is 2. The summed E-state index contributed by atoms with van der Waals surface area (Å²) in [7, 11) is -4.78. The highest BCUT2D eigenvalue weighted by atomic mass is 79.9. The predicted molar refractivity (Wildman–Crippen MR) is 74.2 cm³/mol. The van der Waals surface area contributed by atoms with Crippen molar-refractivity contribution >= 4 is 37.7 Å². The standard InChI is InChI=1S/C12H10BrF3O6S/c1-6(17)22-5-8-9(13)3-7(11(18)21-2)4-10(8)23(19,20)12(14,15)16/h3-4H,5H2,1-2H3. The molecule has 128 valence electrons. The molecule has 0 aliphatic heterocycles. The fourth-order valence-electron chi connectivity index (χ4n) is 1.53. The third-order valence-corrected chi connectivity index (χ3v) is 4.85. The molecule has 0 aromatic heterocycles. The van der Waals surface area contributed by atoms with E-state index < -0.39 is 49.9 Å². The second-order valence-corrected chi connectivity index (χ2v) is 6.92. The van der Waals surface area contributed by atoms with Crippen LogP contribution < -0.4 is 0 Å². The van der Waals surface area contributed by atoms with Crippen molar-refractivity contribution in [2.75, 3.05) is 7.11 Å². The summed E-state index contributed by atoms with van der Waals surface area (Å²) < 4.78 is 70.6. The molecule has 0 bridgehead atoms. The molecule has 0 spiro atoms. The molecular formula is C12H10BrF3O6S. The van der Waals surface area contributed by atoms with Gasteiger partial charge >= 0.3 is 17.4 Å². The first-order chi connectivity index (χ1) is 10.4. The first-order valence-corrected chi connectivity index (χ1v) is 8.05. The quantitative estimate of drug-likeness (QED) is 0.698. The number of rotatable bonds is 4. The Morgan fingerprint density at radius 1 is 1.26 bits per heavy atom. The second-order valence-electron chi connectivity index (χ2n) is 4.16. The highest BCUT2D eigenvalue weighted by molar-refractivity contribution is 9.10. The molecule has 0 saturated heterocycles. The maximum absolute atomic E-state index is 12.8. The highest BCUT2D eigenvalue weighted by Crippen LogP contribution is 2.36. The second kappa shape index (κ2) is 6.87. The molecule has 0 unspecified atom stereocenters. The average Bonchev–Trinajstić information content (AvgIpc) is 2.42. The summed E-state index contributed by atoms with van der Waals surface area (Å²) in [4.78, 5) is 21.1. The summed E-state index contributed by atoms with van der Waals surface area (Å²) in [6, 6.07) is 1.60. The van der Waals surface area contributed by atoms with Crippen molar-refractivity contribution in [3.8, 4) is 0 Å². The predicted octanol–water partition coefficient (Wildman–Crippen LogP) is 2.59. The molecule has 11 heteroatoms. The summed E-state index contributed by atoms with van der Waals surface area (Å²) in [5, 5.41) is 0. The summed E-state index contributed by atoms with van der Waals surface area (Å²) in [5.41, 5.74) is -6.44. The number of sulfone groups is 1. The Kier molecular flexibility index (Phi) is 5.80. The first kappa shape index (κ1) is 19.4. The van der Waals surface area contributed by atoms with E-state index in [0.29, 0.717) is 6.07 Å². The minimum atomic E-state index is -5.77. The van der Waals surface area contributed by atoms with E-state index in [1.165, 1.54) is 0 Å². The van der Waals surface area contributed by atoms with Gasteiger partial charge in [-0.1, -0.05) is 15.9 Å². The van der Waals surface area contributed by atoms with Crippen LogP contribution in [0, 0.1) is 0 Å². The molecule has 0 aliphatic rings. The molecule has 0 aliphatic carbocycles. The Morgan fingerprint density at radius 3 is 2.26 bits per heavy atom. The van der Waals surface area contributed by atoms with Crippen molar-refractivity contribution < 1.29 is 40.7 Å². The van der Waals surface area contributed by atoms with Gasteiger partial charge in [0.25, 0.3) is 9.84 Å². The van der Waals surface area contributed by atoms with Gasteiger partial charge in [-0.05, 0) is 12.1 Å². The van der Waals surface area contributed by atoms with Crippen LogP contribution in [0.5, 0.6) is 0 Å². The van der Waals surface area contributed by atoms with Crippen LogP contribution in [0.25, 0.3) is 0 Å². The molecule has 0 saturated carbocycles. The zero-order valence-electron chi connectivity index (χ0n) is 11.7. The van der Waals surface area contributed by atoms with Gasteiger partial charge in [-0.3, -0.25) is 4.79 Å². The van der Waals surface area contributed by atoms with E-state index in [4.69, 9.17) is 0 Å². The third-order valence-electron chi connectivity index (χ3n) is 2.59. The van der Waals surface area contributed by atoms with Crippen molar-refractivity contribution in [3.05, 3.63) is 27.7 Å². The number of benzene rings is 1. The lowest BCUT2D eigenvalue weighted by molar-refractivity contribution is -0.142. The first-order valence-electron chi connectivity index (χ1n) is 5.77. The number of ether oxygens (including phenoxy) is 2. The van der Waals surface area contributed by atoms with Crippen molar-refractivity contribution in [2.24, 2.45) is 0 Å². The van der Waals surface area contributed by atoms with Crippen LogP contribution in [0.1, 0.15) is 22.8 Å². The minimum Gasteiger partial charge on any atom is -0.465 e. The van der Waals surface area contributed by atoms with Crippen molar-refractivity contribution in [2.45, 2.75) is 23.9 Å². The smallest absolute Gasteiger partial charge is 0.465 e. The SMILES string of the molecule is COC(=O)c1cc(Br)c(COC(C)=O)c(S(=O)(=O)C(F)(F)F)c1. The number of esters is 2. The largest absolute Gasteiger partial charge is 0.501 e. The number of hydrogen-bond donors (Lipinski definition) is 0. The number of carbonyl (C=O) groups excluding carboxylic acids is 2. The van der Waals surface area contributed by atoms with Gasteiger partial charge in [0, 0.05) is 17.0 Å². The van der Waals surface area contributed by atoms with E-state index in [0.717, 1.165) is 20.1 Å². The van der Waals surface area contributed by atoms with Crippen molar-refractivity contribution in [1.82, 2.24) is 0 Å². The van der Waals surface area contributed by atoms with Crippen LogP contribution in [0.4, 0.5) is 13.2 Å². The van der Waals surface area contributed by atoms with Crippen LogP contribution in [-0.2, 0) is 30.7 Å². The van der Waals surface area contributed by atoms with Gasteiger partial charge in [-0.25, -0.2) is 13.2 Å². The number of alkyl halides is 3. The molecular weight excluding hydrogens is 409 g/mol. The molecule has 0 amide bonds. The highest BCUT2D eigenvalue weighted by Gasteiger charge is 2.48. The topological polar surface area (TPSA) is 86.7 Å². The molecule has 1 rings (SSSR count). The van der Waals surface area contributed by atoms with Gasteiger partial charge < -0.3 is 9.47 Å². The van der Waals surface area contributed by atoms with Gasteiger partial charge in [0.1, 0.15) is 6.61 Å². The maximum atomic E-state index is 12.8. The van der Waals surface area contributed by atoms with Gasteiger partial charge in [-0.2, -0.15) is 13.2 Å². The Balaban J connectivity index is 3.63. The maximum Gasteiger partial charge on any atom is 0.501 e. The zero-order chi connectivity index (χ0) is 18.0. The van der Waals surface area contributed by atoms with Crippen molar-refractivity contribution in [1.29, 1.82) is 0 Å². The fraction of sp³-hybridized carbons (Fsp3) is 0.333. The van der Waals surface area contributed by atoms with E-state index in [1.54, 1.807) is 0 Å². The number of methoxy groups -OCH3 is 1. The van der Waals surface area contributed by atoms with Gasteiger partial charge in [0.2, 0.25) is 0 Å². The van der Waals surface area contributed by atoms with Crippen LogP contribution in [-0.4, -0.2) is 33.0 Å². The Morgan fingerprint density at radius 2 is 1.83 bits per heavy atom. The Bertz CT molecular complexity index is 742. The summed E-state index contributed by atoms with van der Waals surface area (Å²) in [6.07, 6.45) is 0. The average molecular weight is 419 g/mol. The van der Waals surface area contributed by atoms with E-state index >= 15 is 0 Å². The molecule has 23 heavy (non-hydrogen) atoms. The Hall–Kier alpha value is -1.62. The lowest BCUT2D eigenvalue weighted by Crippen LogP contribution is -2.25. The van der Waals surface area contributed by atoms with E-state index in [9.17, 15) is 31.2 Å². The Labute approximate surface area is 137 Å². The van der Waals surface area contributed by atoms with Crippen LogP contribution >= 0.6 is 15.9 Å². The van der Waals surface area contributed by atoms with E-state index in [2.05, 4.69) is 25.4 Å². The van der Waals surface area contributed by atoms with E-state index in [1.807, 2.05) is 0 Å². The lowest BCUT2D eigenvalue weighted by atomic mass is 10.1. The molecule has 0 N–H and O–H groups in total. The van der Waals surface area contributed by atoms with Crippen LogP contribution in [0.2, 0.25) is 0 Å². The molecule has 0 atom stereocenters. The lowest BCUT2D eigenvalue weighted by Gasteiger charge is -2.15. The molecule has 0 heterocycles. The molecule has 6 nitrogen and oxygen atoms in total. The van der Waals surface area contributed by atoms with Crippen LogP contribution in [0.3, 0.4) is 0 Å². The minimum absolute atomic E-state index is 0.149. The molecule has 0 radical (unpaired) electrons. The fourth-order valence-corrected chi connectivity index (χ4v) is 3.26. The summed E-state index contributed by atoms with van der Waals surface area (Å²) in [6.45, 7) is 0.288. The monoisotopic (exact) mass is 418 g/mol. The summed E-state index contributed by atoms with van der Waals surface area (Å²) >= 11 is 2.87. The normalized spacial score (nSPS) is 11.9. The third kappa shape index (κ3) is 4.22. The molecule has 0 fully saturated rings. The molecule has 1 aromatic rings. The van der Waals surface area contributed by atoms with Crippen LogP contribution in [0.15, 0.2) is 21.5 Å². The number of halogens is 4. The summed E-state index contributed by atoms with van der Waals surface area (Å²) in [5.74, 6) is -1.84. The van der Waals surface area contributed by atoms with E-state index in [-0.39, 0.29) is 4.47 Å². The van der Waals surface area contributed by atoms with Gasteiger partial charge in [0.05, 0.1) is 17.6 Å². The van der Waals surface area contributed by atoms with Gasteiger partial charge in [-0.15, -0.1) is 0 Å².